The predicted octanol–water partition coefficient (Wildman–Crippen LogP) is 7.39. The molecule has 4 atom stereocenters. The van der Waals surface area contributed by atoms with Gasteiger partial charge in [-0.15, -0.1) is 0 Å². The van der Waals surface area contributed by atoms with Gasteiger partial charge in [0.15, 0.2) is 0 Å². The van der Waals surface area contributed by atoms with Gasteiger partial charge in [-0.25, -0.2) is 0 Å². The van der Waals surface area contributed by atoms with Gasteiger partial charge >= 0.3 is 0 Å². The molecule has 6 aliphatic carbocycles. The van der Waals surface area contributed by atoms with Crippen molar-refractivity contribution in [2.75, 3.05) is 0 Å². The number of hydrogen-bond acceptors (Lipinski definition) is 1. The van der Waals surface area contributed by atoms with Crippen molar-refractivity contribution < 1.29 is 5.11 Å². The van der Waals surface area contributed by atoms with Crippen LogP contribution in [0.1, 0.15) is 66.7 Å². The molecule has 4 unspecified atom stereocenters. The van der Waals surface area contributed by atoms with E-state index in [0.717, 1.165) is 23.7 Å². The number of phenols is 1. The van der Waals surface area contributed by atoms with Gasteiger partial charge in [0.05, 0.1) is 0 Å². The van der Waals surface area contributed by atoms with Gasteiger partial charge in [0.1, 0.15) is 5.75 Å². The zero-order valence-electron chi connectivity index (χ0n) is 18.0. The lowest BCUT2D eigenvalue weighted by Crippen LogP contribution is -2.48. The Hall–Kier alpha value is -1.50. The summed E-state index contributed by atoms with van der Waals surface area (Å²) in [4.78, 5) is 0. The van der Waals surface area contributed by atoms with E-state index in [9.17, 15) is 0 Å². The summed E-state index contributed by atoms with van der Waals surface area (Å²) in [5, 5.41) is 8.63. The van der Waals surface area contributed by atoms with Crippen molar-refractivity contribution in [3.63, 3.8) is 0 Å². The molecule has 27 heavy (non-hydrogen) atoms. The van der Waals surface area contributed by atoms with E-state index in [1.165, 1.54) is 37.7 Å². The molecular weight excluding hydrogens is 328 g/mol. The minimum Gasteiger partial charge on any atom is -0.508 e. The van der Waals surface area contributed by atoms with Crippen molar-refractivity contribution in [3.8, 4) is 5.75 Å². The van der Waals surface area contributed by atoms with Gasteiger partial charge in [-0.2, -0.15) is 0 Å². The number of rotatable bonds is 0. The number of allylic oxidation sites excluding steroid dienone is 3. The van der Waals surface area contributed by atoms with Crippen molar-refractivity contribution in [2.45, 2.75) is 66.7 Å². The third-order valence-corrected chi connectivity index (χ3v) is 8.28. The maximum absolute atomic E-state index is 8.63. The van der Waals surface area contributed by atoms with E-state index in [0.29, 0.717) is 16.6 Å². The van der Waals surface area contributed by atoms with Crippen molar-refractivity contribution >= 4 is 0 Å². The molecule has 0 radical (unpaired) electrons. The van der Waals surface area contributed by atoms with Crippen molar-refractivity contribution in [3.05, 3.63) is 54.1 Å². The van der Waals surface area contributed by atoms with Gasteiger partial charge in [-0.3, -0.25) is 0 Å². The number of fused-ring (bicyclic) bond motifs is 3. The van der Waals surface area contributed by atoms with Gasteiger partial charge in [-0.1, -0.05) is 69.7 Å². The first-order valence-electron chi connectivity index (χ1n) is 10.7. The summed E-state index contributed by atoms with van der Waals surface area (Å²) in [6, 6.07) is 8.71. The zero-order chi connectivity index (χ0) is 19.8. The summed E-state index contributed by atoms with van der Waals surface area (Å²) in [6.07, 6.45) is 9.39. The molecular formula is C26H38O. The van der Waals surface area contributed by atoms with E-state index in [1.54, 1.807) is 29.8 Å². The first-order valence-corrected chi connectivity index (χ1v) is 10.7. The monoisotopic (exact) mass is 366 g/mol. The van der Waals surface area contributed by atoms with Crippen LogP contribution in [0.5, 0.6) is 5.75 Å². The second-order valence-corrected chi connectivity index (χ2v) is 10.3. The Kier molecular flexibility index (Phi) is 5.62. The molecule has 1 nitrogen and oxygen atoms in total. The van der Waals surface area contributed by atoms with Crippen LogP contribution in [0.15, 0.2) is 54.1 Å². The average Bonchev–Trinajstić information content (AvgIpc) is 2.63. The minimum absolute atomic E-state index is 0.322. The molecule has 0 spiro atoms. The fourth-order valence-electron chi connectivity index (χ4n) is 5.82. The summed E-state index contributed by atoms with van der Waals surface area (Å²) >= 11 is 0. The third-order valence-electron chi connectivity index (χ3n) is 8.28. The van der Waals surface area contributed by atoms with Gasteiger partial charge in [-0.05, 0) is 85.7 Å². The fraction of sp³-hybridized carbons (Fsp3) is 0.615. The molecule has 4 saturated carbocycles. The molecule has 0 aliphatic heterocycles. The fourth-order valence-corrected chi connectivity index (χ4v) is 5.82. The number of benzene rings is 1. The molecule has 4 bridgehead atoms. The molecule has 0 heterocycles. The highest BCUT2D eigenvalue weighted by Crippen LogP contribution is 2.60. The van der Waals surface area contributed by atoms with Crippen LogP contribution in [-0.2, 0) is 0 Å². The highest BCUT2D eigenvalue weighted by Gasteiger charge is 2.51. The Morgan fingerprint density at radius 1 is 0.926 bits per heavy atom. The zero-order valence-corrected chi connectivity index (χ0v) is 18.0. The highest BCUT2D eigenvalue weighted by atomic mass is 16.3. The van der Waals surface area contributed by atoms with Crippen LogP contribution in [0, 0.1) is 34.5 Å². The SMILES string of the molecule is C=C1CCC2CC1C2(C)C.CC1=CCC2CC1C2(C)C.Oc1ccccc1. The smallest absolute Gasteiger partial charge is 0.115 e. The first kappa shape index (κ1) is 20.2. The molecule has 1 N–H and O–H groups in total. The summed E-state index contributed by atoms with van der Waals surface area (Å²) in [5.74, 6) is 4.13. The number of para-hydroxylation sites is 1. The lowest BCUT2D eigenvalue weighted by Gasteiger charge is -2.57. The Bertz CT molecular complexity index is 690. The first-order chi connectivity index (χ1) is 12.6. The molecule has 0 amide bonds. The number of phenolic OH excluding ortho intramolecular Hbond substituents is 1. The van der Waals surface area contributed by atoms with Gasteiger partial charge in [0.2, 0.25) is 0 Å². The molecule has 6 aliphatic rings. The van der Waals surface area contributed by atoms with E-state index in [2.05, 4.69) is 47.3 Å². The summed E-state index contributed by atoms with van der Waals surface area (Å²) in [7, 11) is 0. The normalized spacial score (nSPS) is 33.7. The predicted molar refractivity (Wildman–Crippen MR) is 116 cm³/mol. The quantitative estimate of drug-likeness (QED) is 0.475. The largest absolute Gasteiger partial charge is 0.508 e. The third kappa shape index (κ3) is 3.89. The Labute approximate surface area is 166 Å². The van der Waals surface area contributed by atoms with Crippen LogP contribution in [-0.4, -0.2) is 5.11 Å². The maximum atomic E-state index is 8.63. The van der Waals surface area contributed by atoms with E-state index < -0.39 is 0 Å². The summed E-state index contributed by atoms with van der Waals surface area (Å²) in [5.41, 5.74) is 4.41. The average molecular weight is 367 g/mol. The molecule has 1 heteroatoms. The van der Waals surface area contributed by atoms with E-state index in [-0.39, 0.29) is 0 Å². The lowest BCUT2D eigenvalue weighted by atomic mass is 9.47. The topological polar surface area (TPSA) is 20.2 Å². The van der Waals surface area contributed by atoms with Crippen LogP contribution >= 0.6 is 0 Å². The van der Waals surface area contributed by atoms with Crippen molar-refractivity contribution in [1.82, 2.24) is 0 Å². The number of hydrogen-bond donors (Lipinski definition) is 1. The molecule has 4 fully saturated rings. The van der Waals surface area contributed by atoms with E-state index >= 15 is 0 Å². The second-order valence-electron chi connectivity index (χ2n) is 10.3. The van der Waals surface area contributed by atoms with Gasteiger partial charge < -0.3 is 5.11 Å². The van der Waals surface area contributed by atoms with Crippen LogP contribution in [0.3, 0.4) is 0 Å². The summed E-state index contributed by atoms with van der Waals surface area (Å²) < 4.78 is 0. The lowest BCUT2D eigenvalue weighted by molar-refractivity contribution is -0.0273. The molecule has 1 aromatic rings. The Morgan fingerprint density at radius 3 is 1.81 bits per heavy atom. The standard InChI is InChI=1S/2C10H16.C6H6O/c2*1-7-4-5-8-6-9(7)10(8,2)3;7-6-4-2-1-3-5-6/h4,8-9H,5-6H2,1-3H3;8-9H,1,4-6H2,2-3H3;1-5,7H. The van der Waals surface area contributed by atoms with Crippen LogP contribution in [0.2, 0.25) is 0 Å². The Morgan fingerprint density at radius 2 is 1.52 bits per heavy atom. The van der Waals surface area contributed by atoms with Crippen LogP contribution in [0.25, 0.3) is 0 Å². The van der Waals surface area contributed by atoms with Gasteiger partial charge in [0, 0.05) is 0 Å². The number of aromatic hydroxyl groups is 1. The molecule has 148 valence electrons. The Balaban J connectivity index is 0.000000119. The van der Waals surface area contributed by atoms with E-state index in [1.807, 2.05) is 6.07 Å². The van der Waals surface area contributed by atoms with Crippen molar-refractivity contribution in [2.24, 2.45) is 34.5 Å². The highest BCUT2D eigenvalue weighted by molar-refractivity contribution is 5.21. The molecule has 0 saturated heterocycles. The van der Waals surface area contributed by atoms with Crippen LogP contribution < -0.4 is 0 Å². The minimum atomic E-state index is 0.322. The molecule has 1 aromatic carbocycles. The van der Waals surface area contributed by atoms with E-state index in [4.69, 9.17) is 5.11 Å². The maximum Gasteiger partial charge on any atom is 0.115 e. The van der Waals surface area contributed by atoms with Gasteiger partial charge in [0.25, 0.3) is 0 Å². The summed E-state index contributed by atoms with van der Waals surface area (Å²) in [6.45, 7) is 16.1. The van der Waals surface area contributed by atoms with Crippen LogP contribution in [0.4, 0.5) is 0 Å². The molecule has 7 rings (SSSR count). The second kappa shape index (κ2) is 7.49. The van der Waals surface area contributed by atoms with Crippen molar-refractivity contribution in [1.29, 1.82) is 0 Å². The molecule has 0 aromatic heterocycles.